The first-order valence-electron chi connectivity index (χ1n) is 8.76. The Balaban J connectivity index is 1.44. The molecule has 1 aliphatic carbocycles. The molecule has 5 heteroatoms. The smallest absolute Gasteiger partial charge is 0.315 e. The molecule has 0 spiro atoms. The summed E-state index contributed by atoms with van der Waals surface area (Å²) >= 11 is 0. The number of hydrogen-bond donors (Lipinski definition) is 2. The second-order valence-electron chi connectivity index (χ2n) is 6.44. The molecule has 1 unspecified atom stereocenters. The van der Waals surface area contributed by atoms with E-state index in [1.54, 1.807) is 7.11 Å². The predicted octanol–water partition coefficient (Wildman–Crippen LogP) is 3.19. The fraction of sp³-hybridized carbons (Fsp3) is 0.526. The molecule has 1 aliphatic heterocycles. The molecule has 5 nitrogen and oxygen atoms in total. The summed E-state index contributed by atoms with van der Waals surface area (Å²) in [5.41, 5.74) is 2.54. The Labute approximate surface area is 143 Å². The highest BCUT2D eigenvalue weighted by molar-refractivity contribution is 5.74. The molecule has 2 N–H and O–H groups in total. The number of fused-ring (bicyclic) bond motifs is 1. The number of hydrogen-bond acceptors (Lipinski definition) is 3. The minimum absolute atomic E-state index is 0.0153. The Hall–Kier alpha value is -2.17. The molecule has 3 rings (SSSR count). The summed E-state index contributed by atoms with van der Waals surface area (Å²) < 4.78 is 11.0. The highest BCUT2D eigenvalue weighted by Crippen LogP contribution is 2.28. The van der Waals surface area contributed by atoms with Gasteiger partial charge in [0.05, 0.1) is 13.2 Å². The van der Waals surface area contributed by atoms with E-state index in [9.17, 15) is 4.79 Å². The molecule has 2 aliphatic rings. The number of rotatable bonds is 5. The largest absolute Gasteiger partial charge is 0.497 e. The van der Waals surface area contributed by atoms with E-state index in [0.29, 0.717) is 13.2 Å². The lowest BCUT2D eigenvalue weighted by Gasteiger charge is -2.26. The zero-order valence-corrected chi connectivity index (χ0v) is 14.3. The van der Waals surface area contributed by atoms with Crippen LogP contribution in [-0.4, -0.2) is 32.3 Å². The van der Waals surface area contributed by atoms with Crippen LogP contribution in [0.3, 0.4) is 0 Å². The maximum atomic E-state index is 12.1. The molecule has 0 fully saturated rings. The first-order valence-corrected chi connectivity index (χ1v) is 8.76. The van der Waals surface area contributed by atoms with Crippen molar-refractivity contribution < 1.29 is 14.3 Å². The van der Waals surface area contributed by atoms with Crippen LogP contribution < -0.4 is 20.1 Å². The Morgan fingerprint density at radius 1 is 1.38 bits per heavy atom. The maximum absolute atomic E-state index is 12.1. The van der Waals surface area contributed by atoms with Gasteiger partial charge >= 0.3 is 6.03 Å². The monoisotopic (exact) mass is 330 g/mol. The van der Waals surface area contributed by atoms with E-state index >= 15 is 0 Å². The van der Waals surface area contributed by atoms with Crippen molar-refractivity contribution in [2.45, 2.75) is 44.6 Å². The second kappa shape index (κ2) is 8.08. The third-order valence-electron chi connectivity index (χ3n) is 4.63. The Bertz CT molecular complexity index is 613. The summed E-state index contributed by atoms with van der Waals surface area (Å²) in [6.07, 6.45) is 8.97. The van der Waals surface area contributed by atoms with Crippen molar-refractivity contribution >= 4 is 6.03 Å². The number of benzene rings is 1. The van der Waals surface area contributed by atoms with E-state index in [1.165, 1.54) is 31.3 Å². The number of ether oxygens (including phenoxy) is 2. The van der Waals surface area contributed by atoms with Crippen molar-refractivity contribution in [1.82, 2.24) is 10.6 Å². The lowest BCUT2D eigenvalue weighted by atomic mass is 9.97. The zero-order valence-electron chi connectivity index (χ0n) is 14.3. The van der Waals surface area contributed by atoms with E-state index in [-0.39, 0.29) is 12.1 Å². The topological polar surface area (TPSA) is 59.6 Å². The molecule has 0 bridgehead atoms. The number of nitrogens with one attached hydrogen (secondary N) is 2. The molecule has 1 aromatic carbocycles. The zero-order chi connectivity index (χ0) is 16.8. The van der Waals surface area contributed by atoms with Crippen LogP contribution in [0.2, 0.25) is 0 Å². The van der Waals surface area contributed by atoms with Gasteiger partial charge in [0.1, 0.15) is 18.1 Å². The van der Waals surface area contributed by atoms with Crippen LogP contribution in [0.4, 0.5) is 4.79 Å². The SMILES string of the molecule is COc1ccc2c(c1)CC(NC(=O)NCCC1=CCCCC1)CO2. The first-order chi connectivity index (χ1) is 11.7. The number of urea groups is 1. The van der Waals surface area contributed by atoms with Gasteiger partial charge in [0, 0.05) is 6.54 Å². The van der Waals surface area contributed by atoms with Crippen molar-refractivity contribution in [1.29, 1.82) is 0 Å². The van der Waals surface area contributed by atoms with Crippen LogP contribution in [0, 0.1) is 0 Å². The summed E-state index contributed by atoms with van der Waals surface area (Å²) in [7, 11) is 1.65. The van der Waals surface area contributed by atoms with Crippen LogP contribution in [0.5, 0.6) is 11.5 Å². The van der Waals surface area contributed by atoms with Crippen LogP contribution in [0.15, 0.2) is 29.8 Å². The van der Waals surface area contributed by atoms with Gasteiger partial charge in [-0.3, -0.25) is 0 Å². The minimum Gasteiger partial charge on any atom is -0.497 e. The van der Waals surface area contributed by atoms with Gasteiger partial charge in [-0.05, 0) is 62.3 Å². The van der Waals surface area contributed by atoms with E-state index in [1.807, 2.05) is 18.2 Å². The standard InChI is InChI=1S/C19H26N2O3/c1-23-17-7-8-18-15(12-17)11-16(13-24-18)21-19(22)20-10-9-14-5-3-2-4-6-14/h5,7-8,12,16H,2-4,6,9-11,13H2,1H3,(H2,20,21,22). The molecule has 0 aromatic heterocycles. The Morgan fingerprint density at radius 3 is 3.08 bits per heavy atom. The number of amides is 2. The van der Waals surface area contributed by atoms with Crippen molar-refractivity contribution in [3.05, 3.63) is 35.4 Å². The molecule has 0 radical (unpaired) electrons. The van der Waals surface area contributed by atoms with Gasteiger partial charge in [0.15, 0.2) is 0 Å². The molecule has 1 aromatic rings. The quantitative estimate of drug-likeness (QED) is 0.815. The van der Waals surface area contributed by atoms with Gasteiger partial charge < -0.3 is 20.1 Å². The molecule has 24 heavy (non-hydrogen) atoms. The van der Waals surface area contributed by atoms with E-state index in [2.05, 4.69) is 16.7 Å². The first kappa shape index (κ1) is 16.7. The summed E-state index contributed by atoms with van der Waals surface area (Å²) in [6.45, 7) is 1.19. The van der Waals surface area contributed by atoms with Crippen LogP contribution in [0.1, 0.15) is 37.7 Å². The highest BCUT2D eigenvalue weighted by atomic mass is 16.5. The minimum atomic E-state index is -0.119. The van der Waals surface area contributed by atoms with E-state index in [4.69, 9.17) is 9.47 Å². The fourth-order valence-electron chi connectivity index (χ4n) is 3.30. The molecule has 2 amide bonds. The molecule has 0 saturated carbocycles. The van der Waals surface area contributed by atoms with Gasteiger partial charge in [-0.1, -0.05) is 11.6 Å². The van der Waals surface area contributed by atoms with E-state index in [0.717, 1.165) is 29.9 Å². The van der Waals surface area contributed by atoms with Crippen LogP contribution in [-0.2, 0) is 6.42 Å². The average Bonchev–Trinajstić information content (AvgIpc) is 2.62. The van der Waals surface area contributed by atoms with Crippen molar-refractivity contribution in [3.8, 4) is 11.5 Å². The maximum Gasteiger partial charge on any atom is 0.315 e. The highest BCUT2D eigenvalue weighted by Gasteiger charge is 2.21. The number of allylic oxidation sites excluding steroid dienone is 1. The molecular weight excluding hydrogens is 304 g/mol. The van der Waals surface area contributed by atoms with Crippen molar-refractivity contribution in [2.75, 3.05) is 20.3 Å². The summed E-state index contributed by atoms with van der Waals surface area (Å²) in [6, 6.07) is 5.64. The third-order valence-corrected chi connectivity index (χ3v) is 4.63. The lowest BCUT2D eigenvalue weighted by Crippen LogP contribution is -2.47. The summed E-state index contributed by atoms with van der Waals surface area (Å²) in [4.78, 5) is 12.1. The summed E-state index contributed by atoms with van der Waals surface area (Å²) in [5, 5.41) is 5.95. The van der Waals surface area contributed by atoms with Gasteiger partial charge in [0.25, 0.3) is 0 Å². The van der Waals surface area contributed by atoms with Crippen molar-refractivity contribution in [3.63, 3.8) is 0 Å². The number of carbonyl (C=O) groups is 1. The lowest BCUT2D eigenvalue weighted by molar-refractivity contribution is 0.214. The van der Waals surface area contributed by atoms with Crippen LogP contribution >= 0.6 is 0 Å². The third kappa shape index (κ3) is 4.43. The molecule has 1 heterocycles. The molecular formula is C19H26N2O3. The van der Waals surface area contributed by atoms with Gasteiger partial charge in [-0.2, -0.15) is 0 Å². The molecule has 1 atom stereocenters. The average molecular weight is 330 g/mol. The Kier molecular flexibility index (Phi) is 5.62. The van der Waals surface area contributed by atoms with Gasteiger partial charge in [0.2, 0.25) is 0 Å². The van der Waals surface area contributed by atoms with Crippen molar-refractivity contribution in [2.24, 2.45) is 0 Å². The van der Waals surface area contributed by atoms with E-state index < -0.39 is 0 Å². The van der Waals surface area contributed by atoms with Crippen LogP contribution in [0.25, 0.3) is 0 Å². The number of carbonyl (C=O) groups excluding carboxylic acids is 1. The molecule has 0 saturated heterocycles. The molecule has 130 valence electrons. The second-order valence-corrected chi connectivity index (χ2v) is 6.44. The summed E-state index contributed by atoms with van der Waals surface area (Å²) in [5.74, 6) is 1.68. The fourth-order valence-corrected chi connectivity index (χ4v) is 3.30. The number of methoxy groups -OCH3 is 1. The van der Waals surface area contributed by atoms with Gasteiger partial charge in [-0.25, -0.2) is 4.79 Å². The normalized spacial score (nSPS) is 19.5. The van der Waals surface area contributed by atoms with Gasteiger partial charge in [-0.15, -0.1) is 0 Å². The Morgan fingerprint density at radius 2 is 2.29 bits per heavy atom. The predicted molar refractivity (Wildman–Crippen MR) is 93.7 cm³/mol.